The minimum absolute atomic E-state index is 0.0204. The maximum atomic E-state index is 12.6. The van der Waals surface area contributed by atoms with E-state index in [1.165, 1.54) is 0 Å². The fourth-order valence-electron chi connectivity index (χ4n) is 3.42. The Morgan fingerprint density at radius 2 is 1.83 bits per heavy atom. The summed E-state index contributed by atoms with van der Waals surface area (Å²) >= 11 is 0. The second-order valence-electron chi connectivity index (χ2n) is 7.25. The molecule has 5 nitrogen and oxygen atoms in total. The third-order valence-electron chi connectivity index (χ3n) is 4.96. The number of carbonyl (C=O) groups excluding carboxylic acids is 2. The van der Waals surface area contributed by atoms with Crippen molar-refractivity contribution in [2.75, 3.05) is 24.7 Å². The first-order valence-corrected chi connectivity index (χ1v) is 11.5. The maximum Gasteiger partial charge on any atom is 0.246 e. The smallest absolute Gasteiger partial charge is 0.246 e. The number of nitrogens with one attached hydrogen (secondary N) is 1. The number of rotatable bonds is 6. The zero-order valence-corrected chi connectivity index (χ0v) is 17.4. The van der Waals surface area contributed by atoms with Crippen molar-refractivity contribution in [1.29, 1.82) is 0 Å². The molecule has 2 aromatic rings. The van der Waals surface area contributed by atoms with Crippen molar-refractivity contribution in [3.63, 3.8) is 0 Å². The van der Waals surface area contributed by atoms with Crippen LogP contribution in [0.4, 0.5) is 5.69 Å². The first-order valence-electron chi connectivity index (χ1n) is 9.73. The van der Waals surface area contributed by atoms with E-state index in [0.29, 0.717) is 31.7 Å². The van der Waals surface area contributed by atoms with Gasteiger partial charge in [0.1, 0.15) is 0 Å². The minimum atomic E-state index is -0.920. The number of carbonyl (C=O) groups is 2. The largest absolute Gasteiger partial charge is 0.339 e. The molecule has 6 heteroatoms. The van der Waals surface area contributed by atoms with Crippen molar-refractivity contribution < 1.29 is 13.8 Å². The van der Waals surface area contributed by atoms with Crippen molar-refractivity contribution >= 4 is 34.4 Å². The Morgan fingerprint density at radius 3 is 2.52 bits per heavy atom. The lowest BCUT2D eigenvalue weighted by molar-refractivity contribution is -0.130. The van der Waals surface area contributed by atoms with Crippen LogP contribution in [0.5, 0.6) is 0 Å². The normalized spacial score (nSPS) is 16.0. The highest BCUT2D eigenvalue weighted by Gasteiger charge is 2.26. The molecule has 1 N–H and O–H groups in total. The Kier molecular flexibility index (Phi) is 7.36. The number of hydrogen-bond donors (Lipinski definition) is 1. The van der Waals surface area contributed by atoms with Gasteiger partial charge in [0.2, 0.25) is 11.8 Å². The van der Waals surface area contributed by atoms with Crippen LogP contribution in [0.25, 0.3) is 6.08 Å². The van der Waals surface area contributed by atoms with Gasteiger partial charge in [-0.3, -0.25) is 13.8 Å². The van der Waals surface area contributed by atoms with Crippen molar-refractivity contribution in [2.24, 2.45) is 5.92 Å². The average molecular weight is 411 g/mol. The highest BCUT2D eigenvalue weighted by atomic mass is 32.2. The first kappa shape index (κ1) is 21.0. The van der Waals surface area contributed by atoms with E-state index in [9.17, 15) is 13.8 Å². The van der Waals surface area contributed by atoms with Crippen LogP contribution in [0.2, 0.25) is 0 Å². The molecule has 152 valence electrons. The number of benzene rings is 2. The summed E-state index contributed by atoms with van der Waals surface area (Å²) in [5, 5.41) is 2.96. The molecule has 0 spiro atoms. The van der Waals surface area contributed by atoms with Gasteiger partial charge in [-0.2, -0.15) is 0 Å². The highest BCUT2D eigenvalue weighted by Crippen LogP contribution is 2.21. The van der Waals surface area contributed by atoms with Gasteiger partial charge in [0.15, 0.2) is 0 Å². The highest BCUT2D eigenvalue weighted by molar-refractivity contribution is 7.83. The van der Waals surface area contributed by atoms with Crippen LogP contribution in [0, 0.1) is 5.92 Å². The molecule has 1 heterocycles. The second-order valence-corrected chi connectivity index (χ2v) is 8.69. The molecule has 0 bridgehead atoms. The molecule has 3 rings (SSSR count). The molecular formula is C23H26N2O3S. The second kappa shape index (κ2) is 10.2. The van der Waals surface area contributed by atoms with E-state index in [1.54, 1.807) is 17.2 Å². The van der Waals surface area contributed by atoms with Gasteiger partial charge in [-0.25, -0.2) is 0 Å². The SMILES string of the molecule is CS(=O)Cc1cccc(NC(=O)C2CCN(C(=O)C=Cc3ccccc3)CC2)c1. The summed E-state index contributed by atoms with van der Waals surface area (Å²) in [5.74, 6) is 0.321. The zero-order valence-electron chi connectivity index (χ0n) is 16.5. The van der Waals surface area contributed by atoms with Crippen LogP contribution >= 0.6 is 0 Å². The number of likely N-dealkylation sites (tertiary alicyclic amines) is 1. The van der Waals surface area contributed by atoms with Gasteiger partial charge < -0.3 is 10.2 Å². The molecule has 1 unspecified atom stereocenters. The number of amides is 2. The molecule has 2 amide bonds. The quantitative estimate of drug-likeness (QED) is 0.742. The third-order valence-corrected chi connectivity index (χ3v) is 5.70. The lowest BCUT2D eigenvalue weighted by atomic mass is 9.95. The van der Waals surface area contributed by atoms with Crippen LogP contribution in [0.15, 0.2) is 60.7 Å². The summed E-state index contributed by atoms with van der Waals surface area (Å²) in [7, 11) is -0.920. The Balaban J connectivity index is 1.50. The Bertz CT molecular complexity index is 903. The molecule has 2 aromatic carbocycles. The average Bonchev–Trinajstić information content (AvgIpc) is 2.72. The van der Waals surface area contributed by atoms with E-state index < -0.39 is 10.8 Å². The monoisotopic (exact) mass is 410 g/mol. The van der Waals surface area contributed by atoms with E-state index in [-0.39, 0.29) is 17.7 Å². The fourth-order valence-corrected chi connectivity index (χ4v) is 4.07. The molecular weight excluding hydrogens is 384 g/mol. The number of piperidine rings is 1. The van der Waals surface area contributed by atoms with E-state index in [2.05, 4.69) is 5.32 Å². The topological polar surface area (TPSA) is 66.5 Å². The molecule has 29 heavy (non-hydrogen) atoms. The predicted octanol–water partition coefficient (Wildman–Crippen LogP) is 3.46. The number of nitrogens with zero attached hydrogens (tertiary/aromatic N) is 1. The summed E-state index contributed by atoms with van der Waals surface area (Å²) in [4.78, 5) is 26.8. The van der Waals surface area contributed by atoms with Gasteiger partial charge in [0, 0.05) is 53.6 Å². The van der Waals surface area contributed by atoms with Gasteiger partial charge in [-0.05, 0) is 42.2 Å². The standard InChI is InChI=1S/C23H26N2O3S/c1-29(28)17-19-8-5-9-21(16-19)24-23(27)20-12-14-25(15-13-20)22(26)11-10-18-6-3-2-4-7-18/h2-11,16,20H,12-15,17H2,1H3,(H,24,27). The van der Waals surface area contributed by atoms with Crippen LogP contribution in [-0.4, -0.2) is 40.3 Å². The van der Waals surface area contributed by atoms with Crippen molar-refractivity contribution in [1.82, 2.24) is 4.90 Å². The lowest BCUT2D eigenvalue weighted by Gasteiger charge is -2.30. The molecule has 1 aliphatic heterocycles. The molecule has 1 saturated heterocycles. The van der Waals surface area contributed by atoms with E-state index in [1.807, 2.05) is 60.7 Å². The van der Waals surface area contributed by atoms with Crippen molar-refractivity contribution in [3.8, 4) is 0 Å². The Hall–Kier alpha value is -2.73. The summed E-state index contributed by atoms with van der Waals surface area (Å²) in [5.41, 5.74) is 2.65. The van der Waals surface area contributed by atoms with Crippen LogP contribution < -0.4 is 5.32 Å². The number of anilines is 1. The van der Waals surface area contributed by atoms with E-state index >= 15 is 0 Å². The molecule has 1 aliphatic rings. The summed E-state index contributed by atoms with van der Waals surface area (Å²) in [6, 6.07) is 17.2. The molecule has 0 radical (unpaired) electrons. The van der Waals surface area contributed by atoms with Crippen LogP contribution in [0.3, 0.4) is 0 Å². The molecule has 1 fully saturated rings. The Morgan fingerprint density at radius 1 is 1.10 bits per heavy atom. The van der Waals surface area contributed by atoms with Crippen LogP contribution in [0.1, 0.15) is 24.0 Å². The summed E-state index contributed by atoms with van der Waals surface area (Å²) in [6.07, 6.45) is 6.37. The van der Waals surface area contributed by atoms with Gasteiger partial charge >= 0.3 is 0 Å². The van der Waals surface area contributed by atoms with Crippen molar-refractivity contribution in [2.45, 2.75) is 18.6 Å². The molecule has 1 atom stereocenters. The van der Waals surface area contributed by atoms with Gasteiger partial charge in [0.05, 0.1) is 0 Å². The van der Waals surface area contributed by atoms with Crippen molar-refractivity contribution in [3.05, 3.63) is 71.8 Å². The van der Waals surface area contributed by atoms with Gasteiger partial charge in [-0.1, -0.05) is 42.5 Å². The van der Waals surface area contributed by atoms with Gasteiger partial charge in [-0.15, -0.1) is 0 Å². The third kappa shape index (κ3) is 6.39. The maximum absolute atomic E-state index is 12.6. The van der Waals surface area contributed by atoms with Gasteiger partial charge in [0.25, 0.3) is 0 Å². The molecule has 0 aromatic heterocycles. The van der Waals surface area contributed by atoms with Crippen LogP contribution in [-0.2, 0) is 26.1 Å². The molecule has 0 aliphatic carbocycles. The van der Waals surface area contributed by atoms with E-state index in [4.69, 9.17) is 0 Å². The lowest BCUT2D eigenvalue weighted by Crippen LogP contribution is -2.40. The summed E-state index contributed by atoms with van der Waals surface area (Å²) < 4.78 is 11.4. The first-order chi connectivity index (χ1) is 14.0. The Labute approximate surface area is 174 Å². The molecule has 0 saturated carbocycles. The number of hydrogen-bond acceptors (Lipinski definition) is 3. The van der Waals surface area contributed by atoms with E-state index in [0.717, 1.165) is 16.8 Å². The fraction of sp³-hybridized carbons (Fsp3) is 0.304. The summed E-state index contributed by atoms with van der Waals surface area (Å²) in [6.45, 7) is 1.15. The minimum Gasteiger partial charge on any atom is -0.339 e. The zero-order chi connectivity index (χ0) is 20.6. The predicted molar refractivity (Wildman–Crippen MR) is 118 cm³/mol.